The number of halogens is 1. The van der Waals surface area contributed by atoms with Crippen LogP contribution in [-0.4, -0.2) is 18.1 Å². The summed E-state index contributed by atoms with van der Waals surface area (Å²) < 4.78 is 40.1. The second-order valence-corrected chi connectivity index (χ2v) is 8.57. The lowest BCUT2D eigenvalue weighted by atomic mass is 9.93. The first-order valence-electron chi connectivity index (χ1n) is 7.71. The van der Waals surface area contributed by atoms with Crippen LogP contribution in [0.3, 0.4) is 0 Å². The van der Waals surface area contributed by atoms with Crippen molar-refractivity contribution in [1.29, 1.82) is 0 Å². The fourth-order valence-corrected chi connectivity index (χ4v) is 4.49. The number of rotatable bonds is 2. The lowest BCUT2D eigenvalue weighted by Crippen LogP contribution is -2.04. The average molecular weight is 494 g/mol. The van der Waals surface area contributed by atoms with E-state index < -0.39 is 10.1 Å². The largest absolute Gasteiger partial charge is 0.508 e. The highest BCUT2D eigenvalue weighted by Crippen LogP contribution is 2.42. The van der Waals surface area contributed by atoms with Crippen molar-refractivity contribution in [3.8, 4) is 28.2 Å². The van der Waals surface area contributed by atoms with Crippen LogP contribution >= 0.6 is 22.6 Å². The van der Waals surface area contributed by atoms with Crippen molar-refractivity contribution in [1.82, 2.24) is 0 Å². The van der Waals surface area contributed by atoms with Gasteiger partial charge in [0.1, 0.15) is 22.0 Å². The SMILES string of the molecule is O=c1ccc2c(-c3ccc(I)cc3S(=O)(=O)O)c3ccc(O)cc3oc-2c1. The highest BCUT2D eigenvalue weighted by Gasteiger charge is 2.24. The van der Waals surface area contributed by atoms with Gasteiger partial charge in [0, 0.05) is 37.8 Å². The minimum absolute atomic E-state index is 0.0348. The summed E-state index contributed by atoms with van der Waals surface area (Å²) >= 11 is 1.96. The summed E-state index contributed by atoms with van der Waals surface area (Å²) in [6, 6.07) is 13.3. The maximum absolute atomic E-state index is 12.0. The van der Waals surface area contributed by atoms with Crippen LogP contribution in [0.5, 0.6) is 5.75 Å². The van der Waals surface area contributed by atoms with Gasteiger partial charge in [-0.15, -0.1) is 0 Å². The van der Waals surface area contributed by atoms with Crippen molar-refractivity contribution >= 4 is 43.7 Å². The molecule has 6 nitrogen and oxygen atoms in total. The molecule has 0 atom stereocenters. The van der Waals surface area contributed by atoms with Gasteiger partial charge in [-0.05, 0) is 59.0 Å². The van der Waals surface area contributed by atoms with Crippen LogP contribution in [0.15, 0.2) is 68.7 Å². The second-order valence-electron chi connectivity index (χ2n) is 5.93. The summed E-state index contributed by atoms with van der Waals surface area (Å²) in [4.78, 5) is 11.5. The summed E-state index contributed by atoms with van der Waals surface area (Å²) in [6.45, 7) is 0. The Morgan fingerprint density at radius 3 is 2.41 bits per heavy atom. The molecule has 1 aliphatic heterocycles. The zero-order chi connectivity index (χ0) is 19.3. The van der Waals surface area contributed by atoms with Crippen molar-refractivity contribution < 1.29 is 22.5 Å². The lowest BCUT2D eigenvalue weighted by molar-refractivity contribution is 0.474. The molecule has 8 heteroatoms. The molecule has 0 saturated heterocycles. The minimum atomic E-state index is -4.50. The van der Waals surface area contributed by atoms with Crippen LogP contribution in [-0.2, 0) is 10.1 Å². The van der Waals surface area contributed by atoms with E-state index in [-0.39, 0.29) is 33.0 Å². The summed E-state index contributed by atoms with van der Waals surface area (Å²) in [5, 5.41) is 10.3. The zero-order valence-electron chi connectivity index (χ0n) is 13.5. The van der Waals surface area contributed by atoms with Gasteiger partial charge in [0.05, 0.1) is 0 Å². The van der Waals surface area contributed by atoms with Gasteiger partial charge in [-0.25, -0.2) is 0 Å². The number of hydrogen-bond donors (Lipinski definition) is 2. The van der Waals surface area contributed by atoms with E-state index in [0.717, 1.165) is 0 Å². The first kappa shape index (κ1) is 18.0. The number of aromatic hydroxyl groups is 1. The molecule has 0 radical (unpaired) electrons. The molecule has 0 aromatic heterocycles. The lowest BCUT2D eigenvalue weighted by Gasteiger charge is -2.17. The van der Waals surface area contributed by atoms with E-state index in [1.165, 1.54) is 30.3 Å². The van der Waals surface area contributed by atoms with Gasteiger partial charge < -0.3 is 9.52 Å². The number of benzene rings is 3. The Bertz CT molecular complexity index is 1340. The molecule has 4 rings (SSSR count). The van der Waals surface area contributed by atoms with Crippen LogP contribution < -0.4 is 5.43 Å². The smallest absolute Gasteiger partial charge is 0.295 e. The zero-order valence-corrected chi connectivity index (χ0v) is 16.5. The van der Waals surface area contributed by atoms with Crippen LogP contribution in [0.25, 0.3) is 33.4 Å². The van der Waals surface area contributed by atoms with Crippen LogP contribution in [0, 0.1) is 3.57 Å². The Labute approximate surface area is 167 Å². The number of fused-ring (bicyclic) bond motifs is 2. The van der Waals surface area contributed by atoms with Gasteiger partial charge in [0.2, 0.25) is 0 Å². The van der Waals surface area contributed by atoms with Crippen molar-refractivity contribution in [3.63, 3.8) is 0 Å². The Morgan fingerprint density at radius 1 is 0.926 bits per heavy atom. The van der Waals surface area contributed by atoms with Crippen LogP contribution in [0.2, 0.25) is 0 Å². The molecule has 0 spiro atoms. The predicted molar refractivity (Wildman–Crippen MR) is 109 cm³/mol. The van der Waals surface area contributed by atoms with E-state index in [9.17, 15) is 22.9 Å². The second kappa shape index (κ2) is 6.32. The van der Waals surface area contributed by atoms with Crippen LogP contribution in [0.4, 0.5) is 0 Å². The van der Waals surface area contributed by atoms with Gasteiger partial charge in [0.25, 0.3) is 10.1 Å². The molecule has 2 aliphatic rings. The van der Waals surface area contributed by atoms with E-state index >= 15 is 0 Å². The number of phenolic OH excluding ortho intramolecular Hbond substituents is 1. The van der Waals surface area contributed by atoms with Crippen molar-refractivity contribution in [2.24, 2.45) is 0 Å². The average Bonchev–Trinajstić information content (AvgIpc) is 2.59. The molecule has 27 heavy (non-hydrogen) atoms. The monoisotopic (exact) mass is 494 g/mol. The fraction of sp³-hybridized carbons (Fsp3) is 0. The summed E-state index contributed by atoms with van der Waals surface area (Å²) in [7, 11) is -4.50. The Morgan fingerprint density at radius 2 is 1.67 bits per heavy atom. The standard InChI is InChI=1S/C19H11IO6S/c20-10-1-4-15(18(7-10)27(23,24)25)19-13-5-2-11(21)8-16(13)26-17-9-12(22)3-6-14(17)19/h1-9,21H,(H,23,24,25). The third kappa shape index (κ3) is 3.20. The Kier molecular flexibility index (Phi) is 4.21. The van der Waals surface area contributed by atoms with Gasteiger partial charge in [-0.2, -0.15) is 8.42 Å². The van der Waals surface area contributed by atoms with E-state index in [2.05, 4.69) is 0 Å². The van der Waals surface area contributed by atoms with Crippen molar-refractivity contribution in [2.75, 3.05) is 0 Å². The number of phenols is 1. The van der Waals surface area contributed by atoms with Gasteiger partial charge in [0.15, 0.2) is 5.43 Å². The molecule has 0 amide bonds. The van der Waals surface area contributed by atoms with E-state index in [1.807, 2.05) is 22.6 Å². The molecule has 136 valence electrons. The third-order valence-electron chi connectivity index (χ3n) is 4.17. The molecular weight excluding hydrogens is 483 g/mol. The molecule has 2 aromatic rings. The van der Waals surface area contributed by atoms with Crippen molar-refractivity contribution in [3.05, 3.63) is 68.4 Å². The third-order valence-corrected chi connectivity index (χ3v) is 5.73. The topological polar surface area (TPSA) is 105 Å². The minimum Gasteiger partial charge on any atom is -0.508 e. The quantitative estimate of drug-likeness (QED) is 0.247. The van der Waals surface area contributed by atoms with Gasteiger partial charge >= 0.3 is 0 Å². The Balaban J connectivity index is 2.24. The van der Waals surface area contributed by atoms with Gasteiger partial charge in [-0.3, -0.25) is 9.35 Å². The molecule has 0 saturated carbocycles. The van der Waals surface area contributed by atoms with E-state index in [1.54, 1.807) is 24.3 Å². The van der Waals surface area contributed by atoms with Gasteiger partial charge in [-0.1, -0.05) is 6.07 Å². The summed E-state index contributed by atoms with van der Waals surface area (Å²) in [6.07, 6.45) is 0. The highest BCUT2D eigenvalue weighted by atomic mass is 127. The maximum Gasteiger partial charge on any atom is 0.295 e. The molecule has 2 N–H and O–H groups in total. The molecule has 0 unspecified atom stereocenters. The predicted octanol–water partition coefficient (Wildman–Crippen LogP) is 4.12. The van der Waals surface area contributed by atoms with E-state index in [4.69, 9.17) is 4.42 Å². The highest BCUT2D eigenvalue weighted by molar-refractivity contribution is 14.1. The van der Waals surface area contributed by atoms with E-state index in [0.29, 0.717) is 20.1 Å². The molecule has 1 aliphatic carbocycles. The summed E-state index contributed by atoms with van der Waals surface area (Å²) in [5.74, 6) is 0.211. The Hall–Kier alpha value is -2.43. The normalized spacial score (nSPS) is 11.9. The summed E-state index contributed by atoms with van der Waals surface area (Å²) in [5.41, 5.74) is 1.28. The first-order chi connectivity index (χ1) is 12.7. The molecular formula is C19H11IO6S. The number of hydrogen-bond acceptors (Lipinski definition) is 5. The molecule has 0 bridgehead atoms. The molecule has 2 aromatic carbocycles. The maximum atomic E-state index is 12.0. The van der Waals surface area contributed by atoms with Crippen LogP contribution in [0.1, 0.15) is 0 Å². The fourth-order valence-electron chi connectivity index (χ4n) is 3.07. The molecule has 1 heterocycles. The van der Waals surface area contributed by atoms with Crippen molar-refractivity contribution in [2.45, 2.75) is 4.90 Å². The molecule has 0 fully saturated rings. The first-order valence-corrected chi connectivity index (χ1v) is 10.2.